The molecule has 2 nitrogen and oxygen atoms in total. The number of anilines is 5. The molecule has 0 heterocycles. The first kappa shape index (κ1) is 23.1. The van der Waals surface area contributed by atoms with Gasteiger partial charge in [-0.15, -0.1) is 0 Å². The highest BCUT2D eigenvalue weighted by molar-refractivity contribution is 5.78. The molecule has 2 heteroatoms. The maximum Gasteiger partial charge on any atom is 0.0463 e. The molecular weight excluding hydrogens is 412 g/mol. The molecule has 4 aromatic rings. The van der Waals surface area contributed by atoms with E-state index >= 15 is 0 Å². The highest BCUT2D eigenvalue weighted by atomic mass is 15.2. The van der Waals surface area contributed by atoms with E-state index in [1.165, 1.54) is 16.9 Å². The molecule has 0 aliphatic heterocycles. The summed E-state index contributed by atoms with van der Waals surface area (Å²) in [5, 5.41) is 0. The molecular formula is C32H32N2. The third-order valence-corrected chi connectivity index (χ3v) is 5.76. The second kappa shape index (κ2) is 11.7. The highest BCUT2D eigenvalue weighted by Crippen LogP contribution is 2.36. The van der Waals surface area contributed by atoms with Gasteiger partial charge in [0.15, 0.2) is 0 Å². The van der Waals surface area contributed by atoms with Crippen molar-refractivity contribution in [2.75, 3.05) is 16.3 Å². The van der Waals surface area contributed by atoms with Gasteiger partial charge in [0.25, 0.3) is 0 Å². The number of hydrogen-bond donors (Lipinski definition) is 0. The van der Waals surface area contributed by atoms with Gasteiger partial charge in [-0.3, -0.25) is 0 Å². The predicted octanol–water partition coefficient (Wildman–Crippen LogP) is 9.13. The number of aryl methyl sites for hydroxylation is 1. The minimum absolute atomic E-state index is 0.805. The van der Waals surface area contributed by atoms with E-state index in [1.54, 1.807) is 0 Å². The molecule has 0 aliphatic carbocycles. The molecule has 0 atom stereocenters. The summed E-state index contributed by atoms with van der Waals surface area (Å²) in [7, 11) is 0. The fraction of sp³-hybridized carbons (Fsp3) is 0.125. The maximum absolute atomic E-state index is 2.37. The third kappa shape index (κ3) is 5.65. The lowest BCUT2D eigenvalue weighted by atomic mass is 10.1. The van der Waals surface area contributed by atoms with E-state index in [2.05, 4.69) is 157 Å². The fourth-order valence-corrected chi connectivity index (χ4v) is 4.05. The topological polar surface area (TPSA) is 6.48 Å². The molecule has 0 radical (unpaired) electrons. The smallest absolute Gasteiger partial charge is 0.0463 e. The van der Waals surface area contributed by atoms with Crippen LogP contribution >= 0.6 is 0 Å². The molecule has 0 aromatic heterocycles. The molecule has 170 valence electrons. The quantitative estimate of drug-likeness (QED) is 0.237. The molecule has 0 saturated heterocycles. The molecule has 0 unspecified atom stereocenters. The van der Waals surface area contributed by atoms with Crippen molar-refractivity contribution in [2.45, 2.75) is 20.3 Å². The second-order valence-electron chi connectivity index (χ2n) is 8.18. The summed E-state index contributed by atoms with van der Waals surface area (Å²) in [6, 6.07) is 38.5. The Labute approximate surface area is 204 Å². The molecule has 34 heavy (non-hydrogen) atoms. The van der Waals surface area contributed by atoms with Crippen LogP contribution in [0.5, 0.6) is 0 Å². The van der Waals surface area contributed by atoms with Crippen LogP contribution in [-0.2, 0) is 0 Å². The molecule has 0 bridgehead atoms. The monoisotopic (exact) mass is 444 g/mol. The SMILES string of the molecule is CC/C=C\C=C/CN(c1ccc(N(c2ccccc2)c2ccccc2)cc1)c1ccccc1C. The van der Waals surface area contributed by atoms with Gasteiger partial charge in [-0.05, 0) is 73.5 Å². The average molecular weight is 445 g/mol. The van der Waals surface area contributed by atoms with Crippen molar-refractivity contribution in [3.63, 3.8) is 0 Å². The Morgan fingerprint density at radius 3 is 1.65 bits per heavy atom. The Bertz CT molecular complexity index is 1170. The first-order valence-corrected chi connectivity index (χ1v) is 11.9. The van der Waals surface area contributed by atoms with Crippen molar-refractivity contribution in [1.29, 1.82) is 0 Å². The van der Waals surface area contributed by atoms with Crippen molar-refractivity contribution in [3.8, 4) is 0 Å². The second-order valence-corrected chi connectivity index (χ2v) is 8.18. The van der Waals surface area contributed by atoms with E-state index < -0.39 is 0 Å². The fourth-order valence-electron chi connectivity index (χ4n) is 4.05. The van der Waals surface area contributed by atoms with Gasteiger partial charge in [0.05, 0.1) is 0 Å². The molecule has 0 amide bonds. The summed E-state index contributed by atoms with van der Waals surface area (Å²) in [6.45, 7) is 5.13. The van der Waals surface area contributed by atoms with Gasteiger partial charge < -0.3 is 9.80 Å². The van der Waals surface area contributed by atoms with Gasteiger partial charge in [-0.1, -0.05) is 85.8 Å². The summed E-state index contributed by atoms with van der Waals surface area (Å²) in [5.41, 5.74) is 7.07. The van der Waals surface area contributed by atoms with Gasteiger partial charge in [-0.2, -0.15) is 0 Å². The van der Waals surface area contributed by atoms with Gasteiger partial charge in [0, 0.05) is 35.0 Å². The van der Waals surface area contributed by atoms with E-state index in [9.17, 15) is 0 Å². The Morgan fingerprint density at radius 2 is 1.06 bits per heavy atom. The Balaban J connectivity index is 1.69. The average Bonchev–Trinajstić information content (AvgIpc) is 2.89. The lowest BCUT2D eigenvalue weighted by Gasteiger charge is -2.28. The molecule has 0 aliphatic rings. The van der Waals surface area contributed by atoms with E-state index in [0.717, 1.165) is 30.0 Å². The van der Waals surface area contributed by atoms with Gasteiger partial charge in [0.2, 0.25) is 0 Å². The Hall–Kier alpha value is -4.04. The highest BCUT2D eigenvalue weighted by Gasteiger charge is 2.14. The minimum atomic E-state index is 0.805. The van der Waals surface area contributed by atoms with Crippen molar-refractivity contribution in [2.24, 2.45) is 0 Å². The van der Waals surface area contributed by atoms with E-state index in [4.69, 9.17) is 0 Å². The lowest BCUT2D eigenvalue weighted by molar-refractivity contribution is 1.08. The van der Waals surface area contributed by atoms with Crippen LogP contribution in [0, 0.1) is 6.92 Å². The molecule has 0 spiro atoms. The largest absolute Gasteiger partial charge is 0.337 e. The lowest BCUT2D eigenvalue weighted by Crippen LogP contribution is -2.18. The molecule has 0 saturated carbocycles. The summed E-state index contributed by atoms with van der Waals surface area (Å²) in [6.07, 6.45) is 9.69. The van der Waals surface area contributed by atoms with E-state index in [0.29, 0.717) is 0 Å². The van der Waals surface area contributed by atoms with E-state index in [-0.39, 0.29) is 0 Å². The van der Waals surface area contributed by atoms with Crippen LogP contribution in [0.1, 0.15) is 18.9 Å². The summed E-state index contributed by atoms with van der Waals surface area (Å²) >= 11 is 0. The van der Waals surface area contributed by atoms with Crippen LogP contribution in [0.2, 0.25) is 0 Å². The van der Waals surface area contributed by atoms with Gasteiger partial charge in [0.1, 0.15) is 0 Å². The molecule has 4 rings (SSSR count). The maximum atomic E-state index is 2.37. The van der Waals surface area contributed by atoms with Crippen molar-refractivity contribution < 1.29 is 0 Å². The number of rotatable bonds is 9. The zero-order valence-corrected chi connectivity index (χ0v) is 20.0. The molecule has 0 fully saturated rings. The zero-order chi connectivity index (χ0) is 23.6. The number of benzene rings is 4. The van der Waals surface area contributed by atoms with Crippen molar-refractivity contribution in [3.05, 3.63) is 139 Å². The number of nitrogens with zero attached hydrogens (tertiary/aromatic N) is 2. The molecule has 0 N–H and O–H groups in total. The van der Waals surface area contributed by atoms with Crippen LogP contribution in [0.15, 0.2) is 133 Å². The number of allylic oxidation sites excluding steroid dienone is 3. The Morgan fingerprint density at radius 1 is 0.559 bits per heavy atom. The van der Waals surface area contributed by atoms with Crippen molar-refractivity contribution in [1.82, 2.24) is 0 Å². The number of para-hydroxylation sites is 3. The van der Waals surface area contributed by atoms with Crippen LogP contribution in [0.25, 0.3) is 0 Å². The Kier molecular flexibility index (Phi) is 7.97. The van der Waals surface area contributed by atoms with E-state index in [1.807, 2.05) is 0 Å². The zero-order valence-electron chi connectivity index (χ0n) is 20.0. The minimum Gasteiger partial charge on any atom is -0.337 e. The summed E-state index contributed by atoms with van der Waals surface area (Å²) in [5.74, 6) is 0. The van der Waals surface area contributed by atoms with Gasteiger partial charge in [-0.25, -0.2) is 0 Å². The normalized spacial score (nSPS) is 11.2. The number of hydrogen-bond acceptors (Lipinski definition) is 2. The van der Waals surface area contributed by atoms with Crippen LogP contribution in [0.3, 0.4) is 0 Å². The first-order valence-electron chi connectivity index (χ1n) is 11.9. The van der Waals surface area contributed by atoms with Crippen LogP contribution in [-0.4, -0.2) is 6.54 Å². The predicted molar refractivity (Wildman–Crippen MR) is 148 cm³/mol. The summed E-state index contributed by atoms with van der Waals surface area (Å²) < 4.78 is 0. The molecule has 4 aromatic carbocycles. The van der Waals surface area contributed by atoms with Crippen LogP contribution < -0.4 is 9.80 Å². The van der Waals surface area contributed by atoms with Gasteiger partial charge >= 0.3 is 0 Å². The standard InChI is InChI=1S/C32H32N2/c1-3-4-5-6-15-26-33(32-21-14-13-16-27(32)2)28-22-24-31(25-23-28)34(29-17-9-7-10-18-29)30-19-11-8-12-20-30/h4-25H,3,26H2,1-2H3/b5-4-,15-6-. The first-order chi connectivity index (χ1) is 16.8. The third-order valence-electron chi connectivity index (χ3n) is 5.76. The summed E-state index contributed by atoms with van der Waals surface area (Å²) in [4.78, 5) is 4.65. The van der Waals surface area contributed by atoms with Crippen LogP contribution in [0.4, 0.5) is 28.4 Å². The van der Waals surface area contributed by atoms with Crippen molar-refractivity contribution >= 4 is 28.4 Å².